The van der Waals surface area contributed by atoms with Gasteiger partial charge in [-0.25, -0.2) is 9.59 Å². The fraction of sp³-hybridized carbons (Fsp3) is 0.636. The van der Waals surface area contributed by atoms with Gasteiger partial charge in [0.1, 0.15) is 6.61 Å². The van der Waals surface area contributed by atoms with Crippen LogP contribution >= 0.6 is 0 Å². The lowest BCUT2D eigenvalue weighted by Gasteiger charge is -2.18. The number of hydrogen-bond donors (Lipinski definition) is 0. The van der Waals surface area contributed by atoms with Crippen molar-refractivity contribution < 1.29 is 23.8 Å². The monoisotopic (exact) mass is 230 g/mol. The molecule has 0 saturated carbocycles. The van der Waals surface area contributed by atoms with Crippen molar-refractivity contribution in [3.63, 3.8) is 0 Å². The second kappa shape index (κ2) is 7.00. The summed E-state index contributed by atoms with van der Waals surface area (Å²) in [6, 6.07) is 0. The third-order valence-corrected chi connectivity index (χ3v) is 1.42. The van der Waals surface area contributed by atoms with Gasteiger partial charge in [-0.2, -0.15) is 0 Å². The number of carbonyl (C=O) groups is 2. The Bertz CT molecular complexity index is 262. The Balaban J connectivity index is 3.67. The van der Waals surface area contributed by atoms with Crippen molar-refractivity contribution >= 4 is 11.9 Å². The number of esters is 2. The summed E-state index contributed by atoms with van der Waals surface area (Å²) in [5, 5.41) is 0. The van der Waals surface area contributed by atoms with E-state index >= 15 is 0 Å². The van der Waals surface area contributed by atoms with Gasteiger partial charge in [-0.15, -0.1) is 0 Å². The minimum absolute atomic E-state index is 0.154. The fourth-order valence-electron chi connectivity index (χ4n) is 0.742. The molecule has 0 aliphatic rings. The average molecular weight is 230 g/mol. The molecule has 0 spiro atoms. The van der Waals surface area contributed by atoms with Crippen molar-refractivity contribution in [1.82, 2.24) is 0 Å². The molecular formula is C11H18O5. The topological polar surface area (TPSA) is 61.8 Å². The van der Waals surface area contributed by atoms with Crippen molar-refractivity contribution in [2.24, 2.45) is 0 Å². The molecule has 0 aliphatic heterocycles. The first-order valence-corrected chi connectivity index (χ1v) is 4.92. The highest BCUT2D eigenvalue weighted by atomic mass is 16.6. The summed E-state index contributed by atoms with van der Waals surface area (Å²) >= 11 is 0. The Labute approximate surface area is 95.4 Å². The van der Waals surface area contributed by atoms with E-state index in [4.69, 9.17) is 9.47 Å². The Kier molecular flexibility index (Phi) is 6.41. The van der Waals surface area contributed by atoms with Crippen LogP contribution in [0, 0.1) is 0 Å². The average Bonchev–Trinajstić information content (AvgIpc) is 2.19. The van der Waals surface area contributed by atoms with E-state index in [0.29, 0.717) is 6.61 Å². The summed E-state index contributed by atoms with van der Waals surface area (Å²) in [6.45, 7) is 6.20. The van der Waals surface area contributed by atoms with Crippen molar-refractivity contribution in [3.8, 4) is 0 Å². The van der Waals surface area contributed by atoms with Gasteiger partial charge in [0, 0.05) is 12.2 Å². The van der Waals surface area contributed by atoms with Gasteiger partial charge in [-0.05, 0) is 20.8 Å². The number of methoxy groups -OCH3 is 1. The van der Waals surface area contributed by atoms with E-state index in [1.54, 1.807) is 0 Å². The van der Waals surface area contributed by atoms with Gasteiger partial charge in [0.25, 0.3) is 0 Å². The Morgan fingerprint density at radius 3 is 2.12 bits per heavy atom. The minimum Gasteiger partial charge on any atom is -0.466 e. The smallest absolute Gasteiger partial charge is 0.331 e. The molecule has 0 unspecified atom stereocenters. The summed E-state index contributed by atoms with van der Waals surface area (Å²) < 4.78 is 14.4. The lowest BCUT2D eigenvalue weighted by Crippen LogP contribution is -2.22. The summed E-state index contributed by atoms with van der Waals surface area (Å²) in [4.78, 5) is 21.7. The maximum atomic E-state index is 11.0. The van der Waals surface area contributed by atoms with Gasteiger partial charge in [-0.3, -0.25) is 0 Å². The molecule has 0 fully saturated rings. The molecule has 0 radical (unpaired) electrons. The molecule has 0 heterocycles. The summed E-state index contributed by atoms with van der Waals surface area (Å²) in [5.74, 6) is -1.19. The zero-order valence-corrected chi connectivity index (χ0v) is 10.1. The maximum Gasteiger partial charge on any atom is 0.331 e. The molecule has 92 valence electrons. The first-order chi connectivity index (χ1) is 7.35. The highest BCUT2D eigenvalue weighted by molar-refractivity contribution is 5.91. The first kappa shape index (κ1) is 14.6. The maximum absolute atomic E-state index is 11.0. The SMILES string of the molecule is COC(=O)C=CC(=O)OCCOC(C)(C)C. The normalized spacial score (nSPS) is 11.5. The number of ether oxygens (including phenoxy) is 3. The lowest BCUT2D eigenvalue weighted by atomic mass is 10.2. The van der Waals surface area contributed by atoms with Gasteiger partial charge >= 0.3 is 11.9 Å². The predicted molar refractivity (Wildman–Crippen MR) is 57.8 cm³/mol. The Morgan fingerprint density at radius 2 is 1.62 bits per heavy atom. The van der Waals surface area contributed by atoms with E-state index in [1.165, 1.54) is 7.11 Å². The van der Waals surface area contributed by atoms with E-state index in [0.717, 1.165) is 12.2 Å². The molecule has 0 N–H and O–H groups in total. The molecule has 0 aromatic heterocycles. The summed E-state index contributed by atoms with van der Waals surface area (Å²) in [5.41, 5.74) is -0.256. The first-order valence-electron chi connectivity index (χ1n) is 4.92. The van der Waals surface area contributed by atoms with E-state index in [1.807, 2.05) is 20.8 Å². The van der Waals surface area contributed by atoms with E-state index < -0.39 is 11.9 Å². The molecule has 0 rings (SSSR count). The van der Waals surface area contributed by atoms with E-state index in [-0.39, 0.29) is 12.2 Å². The molecule has 0 aromatic rings. The zero-order chi connectivity index (χ0) is 12.6. The molecule has 0 saturated heterocycles. The quantitative estimate of drug-likeness (QED) is 0.401. The van der Waals surface area contributed by atoms with Gasteiger partial charge < -0.3 is 14.2 Å². The van der Waals surface area contributed by atoms with Gasteiger partial charge in [-0.1, -0.05) is 0 Å². The second-order valence-electron chi connectivity index (χ2n) is 3.98. The zero-order valence-electron chi connectivity index (χ0n) is 10.1. The number of carbonyl (C=O) groups excluding carboxylic acids is 2. The van der Waals surface area contributed by atoms with Crippen LogP contribution in [-0.2, 0) is 23.8 Å². The van der Waals surface area contributed by atoms with Crippen molar-refractivity contribution in [3.05, 3.63) is 12.2 Å². The molecule has 5 nitrogen and oxygen atoms in total. The standard InChI is InChI=1S/C11H18O5/c1-11(2,3)16-8-7-15-10(13)6-5-9(12)14-4/h5-6H,7-8H2,1-4H3. The van der Waals surface area contributed by atoms with Crippen molar-refractivity contribution in [2.45, 2.75) is 26.4 Å². The third kappa shape index (κ3) is 9.21. The number of rotatable bonds is 5. The third-order valence-electron chi connectivity index (χ3n) is 1.42. The van der Waals surface area contributed by atoms with Crippen LogP contribution in [-0.4, -0.2) is 37.9 Å². The Hall–Kier alpha value is -1.36. The van der Waals surface area contributed by atoms with Gasteiger partial charge in [0.15, 0.2) is 0 Å². The van der Waals surface area contributed by atoms with Crippen molar-refractivity contribution in [1.29, 1.82) is 0 Å². The fourth-order valence-corrected chi connectivity index (χ4v) is 0.742. The van der Waals surface area contributed by atoms with Crippen LogP contribution in [0.1, 0.15) is 20.8 Å². The van der Waals surface area contributed by atoms with E-state index in [2.05, 4.69) is 4.74 Å². The molecule has 16 heavy (non-hydrogen) atoms. The highest BCUT2D eigenvalue weighted by Crippen LogP contribution is 2.05. The predicted octanol–water partition coefficient (Wildman–Crippen LogP) is 1.07. The molecule has 0 aliphatic carbocycles. The van der Waals surface area contributed by atoms with Gasteiger partial charge in [0.2, 0.25) is 0 Å². The van der Waals surface area contributed by atoms with Crippen LogP contribution < -0.4 is 0 Å². The summed E-state index contributed by atoms with van der Waals surface area (Å²) in [6.07, 6.45) is 2.02. The molecule has 5 heteroatoms. The van der Waals surface area contributed by atoms with E-state index in [9.17, 15) is 9.59 Å². The van der Waals surface area contributed by atoms with Crippen LogP contribution in [0.25, 0.3) is 0 Å². The van der Waals surface area contributed by atoms with Gasteiger partial charge in [0.05, 0.1) is 19.3 Å². The minimum atomic E-state index is -0.595. The Morgan fingerprint density at radius 1 is 1.06 bits per heavy atom. The van der Waals surface area contributed by atoms with Crippen LogP contribution in [0.15, 0.2) is 12.2 Å². The van der Waals surface area contributed by atoms with Crippen molar-refractivity contribution in [2.75, 3.05) is 20.3 Å². The van der Waals surface area contributed by atoms with Crippen LogP contribution in [0.5, 0.6) is 0 Å². The summed E-state index contributed by atoms with van der Waals surface area (Å²) in [7, 11) is 1.23. The largest absolute Gasteiger partial charge is 0.466 e. The molecule has 0 atom stereocenters. The number of hydrogen-bond acceptors (Lipinski definition) is 5. The van der Waals surface area contributed by atoms with Crippen LogP contribution in [0.3, 0.4) is 0 Å². The highest BCUT2D eigenvalue weighted by Gasteiger charge is 2.09. The lowest BCUT2D eigenvalue weighted by molar-refractivity contribution is -0.141. The van der Waals surface area contributed by atoms with Crippen LogP contribution in [0.4, 0.5) is 0 Å². The molecular weight excluding hydrogens is 212 g/mol. The molecule has 0 aromatic carbocycles. The second-order valence-corrected chi connectivity index (χ2v) is 3.98. The molecule has 0 amide bonds. The van der Waals surface area contributed by atoms with Crippen LogP contribution in [0.2, 0.25) is 0 Å². The molecule has 0 bridgehead atoms.